The number of benzene rings is 2. The molecular weight excluding hydrogens is 460 g/mol. The molecule has 8 heteroatoms. The number of nitrogens with zero attached hydrogens (tertiary/aromatic N) is 2. The first-order valence-electron chi connectivity index (χ1n) is 12.4. The summed E-state index contributed by atoms with van der Waals surface area (Å²) < 4.78 is 22.6. The number of likely N-dealkylation sites (N-methyl/N-ethyl adjacent to an activating group) is 1. The van der Waals surface area contributed by atoms with E-state index in [0.29, 0.717) is 36.6 Å². The number of carbonyl (C=O) groups excluding carboxylic acids is 2. The van der Waals surface area contributed by atoms with Gasteiger partial charge in [0.2, 0.25) is 6.10 Å². The van der Waals surface area contributed by atoms with Crippen LogP contribution in [0, 0.1) is 0 Å². The highest BCUT2D eigenvalue weighted by Crippen LogP contribution is 2.29. The minimum atomic E-state index is -0.889. The molecule has 2 aliphatic rings. The highest BCUT2D eigenvalue weighted by molar-refractivity contribution is 5.77. The Kier molecular flexibility index (Phi) is 8.48. The number of ether oxygens (including phenoxy) is 4. The lowest BCUT2D eigenvalue weighted by atomic mass is 10.00. The maximum absolute atomic E-state index is 12.8. The predicted molar refractivity (Wildman–Crippen MR) is 135 cm³/mol. The fourth-order valence-electron chi connectivity index (χ4n) is 4.48. The van der Waals surface area contributed by atoms with E-state index >= 15 is 0 Å². The second-order valence-electron chi connectivity index (χ2n) is 9.08. The summed E-state index contributed by atoms with van der Waals surface area (Å²) in [6, 6.07) is 13.3. The molecule has 1 amide bonds. The van der Waals surface area contributed by atoms with E-state index < -0.39 is 12.1 Å². The average Bonchev–Trinajstić information content (AvgIpc) is 3.35. The Morgan fingerprint density at radius 3 is 2.61 bits per heavy atom. The van der Waals surface area contributed by atoms with Crippen molar-refractivity contribution in [2.45, 2.75) is 38.5 Å². The van der Waals surface area contributed by atoms with Gasteiger partial charge in [0.05, 0.1) is 13.2 Å². The van der Waals surface area contributed by atoms with Gasteiger partial charge in [0, 0.05) is 31.6 Å². The number of fused-ring (bicyclic) bond motifs is 1. The second-order valence-corrected chi connectivity index (χ2v) is 9.08. The van der Waals surface area contributed by atoms with Crippen LogP contribution in [0.3, 0.4) is 0 Å². The van der Waals surface area contributed by atoms with E-state index in [-0.39, 0.29) is 25.4 Å². The van der Waals surface area contributed by atoms with Gasteiger partial charge in [0.1, 0.15) is 24.2 Å². The number of amides is 1. The third-order valence-electron chi connectivity index (χ3n) is 6.35. The molecule has 2 aliphatic heterocycles. The Labute approximate surface area is 212 Å². The molecule has 1 fully saturated rings. The van der Waals surface area contributed by atoms with Crippen molar-refractivity contribution in [3.05, 3.63) is 71.8 Å². The van der Waals surface area contributed by atoms with E-state index in [9.17, 15) is 9.59 Å². The van der Waals surface area contributed by atoms with E-state index in [1.54, 1.807) is 17.9 Å². The van der Waals surface area contributed by atoms with Gasteiger partial charge in [-0.2, -0.15) is 0 Å². The van der Waals surface area contributed by atoms with Crippen LogP contribution < -0.4 is 9.47 Å². The zero-order chi connectivity index (χ0) is 25.5. The first kappa shape index (κ1) is 25.6. The maximum Gasteiger partial charge on any atom is 0.410 e. The van der Waals surface area contributed by atoms with Gasteiger partial charge in [-0.3, -0.25) is 0 Å². The molecule has 0 radical (unpaired) electrons. The van der Waals surface area contributed by atoms with Gasteiger partial charge in [0.15, 0.2) is 0 Å². The van der Waals surface area contributed by atoms with Crippen LogP contribution in [0.25, 0.3) is 0 Å². The molecular formula is C28H34N2O6. The first-order valence-corrected chi connectivity index (χ1v) is 12.4. The van der Waals surface area contributed by atoms with Crippen LogP contribution in [-0.2, 0) is 27.2 Å². The standard InChI is InChI=1S/C28H34N2O6/c1-4-16-34-28(32)30-15-13-25(19-30)35-23-9-7-21(8-10-23)26(27(31)33-5-2)36-24-11-6-20-12-14-29(3)18-22(20)17-24/h4,6-11,17,25-26H,1,5,12-16,18-19H2,2-3H3/t25-,26?/m0/s1. The van der Waals surface area contributed by atoms with Crippen LogP contribution >= 0.6 is 0 Å². The van der Waals surface area contributed by atoms with Crippen LogP contribution in [0.1, 0.15) is 36.1 Å². The lowest BCUT2D eigenvalue weighted by Gasteiger charge is -2.26. The van der Waals surface area contributed by atoms with Gasteiger partial charge in [-0.05, 0) is 55.8 Å². The van der Waals surface area contributed by atoms with Crippen LogP contribution in [0.4, 0.5) is 4.79 Å². The zero-order valence-electron chi connectivity index (χ0n) is 21.0. The Morgan fingerprint density at radius 2 is 1.86 bits per heavy atom. The summed E-state index contributed by atoms with van der Waals surface area (Å²) in [6.45, 7) is 8.71. The molecule has 2 aromatic rings. The largest absolute Gasteiger partial charge is 0.489 e. The minimum absolute atomic E-state index is 0.127. The normalized spacial score (nSPS) is 18.2. The lowest BCUT2D eigenvalue weighted by molar-refractivity contribution is -0.151. The molecule has 0 spiro atoms. The SMILES string of the molecule is C=CCOC(=O)N1CC[C@H](Oc2ccc(C(Oc3ccc4c(c3)CN(C)CC4)C(=O)OCC)cc2)C1. The summed E-state index contributed by atoms with van der Waals surface area (Å²) in [5.74, 6) is 0.854. The maximum atomic E-state index is 12.8. The Balaban J connectivity index is 1.42. The summed E-state index contributed by atoms with van der Waals surface area (Å²) in [5.41, 5.74) is 3.21. The van der Waals surface area contributed by atoms with Crippen molar-refractivity contribution >= 4 is 12.1 Å². The molecule has 8 nitrogen and oxygen atoms in total. The first-order chi connectivity index (χ1) is 17.5. The monoisotopic (exact) mass is 494 g/mol. The molecule has 0 bridgehead atoms. The topological polar surface area (TPSA) is 77.5 Å². The third kappa shape index (κ3) is 6.37. The number of hydrogen-bond donors (Lipinski definition) is 0. The predicted octanol–water partition coefficient (Wildman–Crippen LogP) is 4.13. The van der Waals surface area contributed by atoms with Gasteiger partial charge < -0.3 is 28.7 Å². The van der Waals surface area contributed by atoms with Gasteiger partial charge in [-0.25, -0.2) is 9.59 Å². The Hall–Kier alpha value is -3.52. The van der Waals surface area contributed by atoms with Crippen LogP contribution in [0.15, 0.2) is 55.1 Å². The second kappa shape index (κ2) is 11.9. The zero-order valence-corrected chi connectivity index (χ0v) is 21.0. The van der Waals surface area contributed by atoms with Crippen molar-refractivity contribution in [2.24, 2.45) is 0 Å². The fourth-order valence-corrected chi connectivity index (χ4v) is 4.48. The summed E-state index contributed by atoms with van der Waals surface area (Å²) >= 11 is 0. The number of esters is 1. The summed E-state index contributed by atoms with van der Waals surface area (Å²) in [4.78, 5) is 28.7. The number of rotatable bonds is 9. The van der Waals surface area contributed by atoms with Crippen molar-refractivity contribution in [3.63, 3.8) is 0 Å². The minimum Gasteiger partial charge on any atom is -0.489 e. The van der Waals surface area contributed by atoms with Crippen molar-refractivity contribution in [3.8, 4) is 11.5 Å². The lowest BCUT2D eigenvalue weighted by Crippen LogP contribution is -2.31. The Bertz CT molecular complexity index is 1070. The van der Waals surface area contributed by atoms with Crippen LogP contribution in [-0.4, -0.2) is 67.9 Å². The van der Waals surface area contributed by atoms with Crippen molar-refractivity contribution in [1.29, 1.82) is 0 Å². The van der Waals surface area contributed by atoms with E-state index in [1.807, 2.05) is 36.4 Å². The van der Waals surface area contributed by atoms with Gasteiger partial charge in [0.25, 0.3) is 0 Å². The Morgan fingerprint density at radius 1 is 1.08 bits per heavy atom. The molecule has 4 rings (SSSR count). The molecule has 2 atom stereocenters. The molecule has 0 aromatic heterocycles. The molecule has 1 unspecified atom stereocenters. The van der Waals surface area contributed by atoms with Crippen molar-refractivity contribution in [1.82, 2.24) is 9.80 Å². The van der Waals surface area contributed by atoms with E-state index in [2.05, 4.69) is 24.6 Å². The number of carbonyl (C=O) groups is 2. The quantitative estimate of drug-likeness (QED) is 0.383. The molecule has 2 heterocycles. The van der Waals surface area contributed by atoms with E-state index in [4.69, 9.17) is 18.9 Å². The molecule has 2 aromatic carbocycles. The molecule has 0 aliphatic carbocycles. The van der Waals surface area contributed by atoms with Crippen LogP contribution in [0.2, 0.25) is 0 Å². The summed E-state index contributed by atoms with van der Waals surface area (Å²) in [5, 5.41) is 0. The van der Waals surface area contributed by atoms with Gasteiger partial charge in [-0.1, -0.05) is 30.9 Å². The van der Waals surface area contributed by atoms with Gasteiger partial charge >= 0.3 is 12.1 Å². The molecule has 0 saturated carbocycles. The molecule has 1 saturated heterocycles. The molecule has 192 valence electrons. The summed E-state index contributed by atoms with van der Waals surface area (Å²) in [7, 11) is 2.10. The van der Waals surface area contributed by atoms with Crippen molar-refractivity contribution in [2.75, 3.05) is 39.9 Å². The van der Waals surface area contributed by atoms with Gasteiger partial charge in [-0.15, -0.1) is 0 Å². The smallest absolute Gasteiger partial charge is 0.410 e. The molecule has 0 N–H and O–H groups in total. The molecule has 36 heavy (non-hydrogen) atoms. The summed E-state index contributed by atoms with van der Waals surface area (Å²) in [6.07, 6.45) is 1.88. The number of hydrogen-bond acceptors (Lipinski definition) is 7. The van der Waals surface area contributed by atoms with Crippen LogP contribution in [0.5, 0.6) is 11.5 Å². The third-order valence-corrected chi connectivity index (χ3v) is 6.35. The average molecular weight is 495 g/mol. The van der Waals surface area contributed by atoms with E-state index in [1.165, 1.54) is 11.1 Å². The van der Waals surface area contributed by atoms with E-state index in [0.717, 1.165) is 19.5 Å². The fraction of sp³-hybridized carbons (Fsp3) is 0.429. The highest BCUT2D eigenvalue weighted by Gasteiger charge is 2.29. The number of likely N-dealkylation sites (tertiary alicyclic amines) is 1. The van der Waals surface area contributed by atoms with Crippen molar-refractivity contribution < 1.29 is 28.5 Å². The highest BCUT2D eigenvalue weighted by atomic mass is 16.6.